The van der Waals surface area contributed by atoms with Crippen LogP contribution in [-0.2, 0) is 10.5 Å². The highest BCUT2D eigenvalue weighted by molar-refractivity contribution is 8.00. The topological polar surface area (TPSA) is 83.4 Å². The van der Waals surface area contributed by atoms with Gasteiger partial charge in [-0.15, -0.1) is 21.5 Å². The number of hydrogen-bond donors (Lipinski definition) is 1. The van der Waals surface area contributed by atoms with E-state index in [0.29, 0.717) is 30.7 Å². The molecular weight excluding hydrogens is 522 g/mol. The summed E-state index contributed by atoms with van der Waals surface area (Å²) < 4.78 is 0.646. The van der Waals surface area contributed by atoms with E-state index in [2.05, 4.69) is 10.2 Å². The van der Waals surface area contributed by atoms with Crippen LogP contribution in [0.3, 0.4) is 0 Å². The van der Waals surface area contributed by atoms with Crippen molar-refractivity contribution < 1.29 is 14.7 Å². The maximum absolute atomic E-state index is 13.4. The van der Waals surface area contributed by atoms with Gasteiger partial charge in [-0.25, -0.2) is 0 Å². The lowest BCUT2D eigenvalue weighted by Crippen LogP contribution is -2.31. The molecule has 2 aromatic heterocycles. The lowest BCUT2D eigenvalue weighted by molar-refractivity contribution is -0.117. The van der Waals surface area contributed by atoms with Crippen LogP contribution in [0, 0.1) is 6.92 Å². The van der Waals surface area contributed by atoms with Crippen molar-refractivity contribution in [1.82, 2.24) is 10.2 Å². The van der Waals surface area contributed by atoms with Gasteiger partial charge in [0.2, 0.25) is 10.9 Å². The molecule has 1 aliphatic heterocycles. The van der Waals surface area contributed by atoms with E-state index in [-0.39, 0.29) is 11.4 Å². The zero-order valence-electron chi connectivity index (χ0n) is 18.3. The van der Waals surface area contributed by atoms with Gasteiger partial charge in [-0.3, -0.25) is 14.5 Å². The number of thioether (sulfide) groups is 1. The largest absolute Gasteiger partial charge is 0.503 e. The number of carbonyl (C=O) groups is 2. The molecule has 10 heteroatoms. The third kappa shape index (κ3) is 4.64. The average Bonchev–Trinajstić information content (AvgIpc) is 3.60. The third-order valence-electron chi connectivity index (χ3n) is 5.50. The number of aliphatic hydroxyl groups is 1. The van der Waals surface area contributed by atoms with Gasteiger partial charge in [0.05, 0.1) is 16.5 Å². The lowest BCUT2D eigenvalue weighted by atomic mass is 9.95. The van der Waals surface area contributed by atoms with Crippen molar-refractivity contribution in [3.63, 3.8) is 0 Å². The quantitative estimate of drug-likeness (QED) is 0.161. The second kappa shape index (κ2) is 9.94. The summed E-state index contributed by atoms with van der Waals surface area (Å²) in [6.07, 6.45) is 0. The number of rotatable bonds is 7. The van der Waals surface area contributed by atoms with Gasteiger partial charge in [0.15, 0.2) is 10.1 Å². The van der Waals surface area contributed by atoms with Crippen LogP contribution in [0.1, 0.15) is 32.4 Å². The number of benzene rings is 2. The molecule has 0 spiro atoms. The highest BCUT2D eigenvalue weighted by Gasteiger charge is 2.46. The first-order valence-corrected chi connectivity index (χ1v) is 13.6. The highest BCUT2D eigenvalue weighted by Crippen LogP contribution is 2.44. The summed E-state index contributed by atoms with van der Waals surface area (Å²) in [5.74, 6) is -1.02. The van der Waals surface area contributed by atoms with Crippen molar-refractivity contribution in [3.05, 3.63) is 104 Å². The predicted octanol–water partition coefficient (Wildman–Crippen LogP) is 6.64. The Morgan fingerprint density at radius 3 is 2.60 bits per heavy atom. The van der Waals surface area contributed by atoms with E-state index in [9.17, 15) is 14.7 Å². The number of anilines is 1. The fraction of sp³-hybridized carbons (Fsp3) is 0.120. The van der Waals surface area contributed by atoms with Gasteiger partial charge >= 0.3 is 0 Å². The zero-order valence-corrected chi connectivity index (χ0v) is 21.5. The van der Waals surface area contributed by atoms with Gasteiger partial charge in [-0.2, -0.15) is 0 Å². The fourth-order valence-corrected chi connectivity index (χ4v) is 6.58. The predicted molar refractivity (Wildman–Crippen MR) is 141 cm³/mol. The SMILES string of the molecule is Cc1ccc(C2C(C(=O)c3cccs3)=C(O)C(=O)N2c2nnc(SCc3ccccc3Cl)s2)cc1. The van der Waals surface area contributed by atoms with E-state index < -0.39 is 17.7 Å². The summed E-state index contributed by atoms with van der Waals surface area (Å²) in [5, 5.41) is 22.1. The molecule has 0 saturated heterocycles. The smallest absolute Gasteiger partial charge is 0.296 e. The normalized spacial score (nSPS) is 15.8. The summed E-state index contributed by atoms with van der Waals surface area (Å²) in [6, 6.07) is 17.7. The average molecular weight is 540 g/mol. The van der Waals surface area contributed by atoms with E-state index in [1.807, 2.05) is 55.5 Å². The lowest BCUT2D eigenvalue weighted by Gasteiger charge is -2.24. The van der Waals surface area contributed by atoms with E-state index in [1.54, 1.807) is 17.5 Å². The number of carbonyl (C=O) groups excluding carboxylic acids is 2. The van der Waals surface area contributed by atoms with Crippen LogP contribution in [0.2, 0.25) is 5.02 Å². The summed E-state index contributed by atoms with van der Waals surface area (Å²) in [6.45, 7) is 1.96. The van der Waals surface area contributed by atoms with Crippen molar-refractivity contribution in [3.8, 4) is 0 Å². The molecule has 2 aromatic carbocycles. The molecule has 35 heavy (non-hydrogen) atoms. The Labute approximate surface area is 218 Å². The van der Waals surface area contributed by atoms with Crippen LogP contribution in [0.5, 0.6) is 0 Å². The molecule has 6 nitrogen and oxygen atoms in total. The molecule has 0 bridgehead atoms. The van der Waals surface area contributed by atoms with Crippen molar-refractivity contribution >= 4 is 62.9 Å². The van der Waals surface area contributed by atoms with E-state index in [1.165, 1.54) is 39.3 Å². The standard InChI is InChI=1S/C25H18ClN3O3S3/c1-14-8-10-15(11-9-14)20-19(21(30)18-7-4-12-33-18)22(31)23(32)29(20)24-27-28-25(35-24)34-13-16-5-2-3-6-17(16)26/h2-12,20,31H,13H2,1H3. The Morgan fingerprint density at radius 2 is 1.89 bits per heavy atom. The van der Waals surface area contributed by atoms with Gasteiger partial charge < -0.3 is 5.11 Å². The van der Waals surface area contributed by atoms with Crippen molar-refractivity contribution in [2.75, 3.05) is 4.90 Å². The Hall–Kier alpha value is -2.98. The number of nitrogens with zero attached hydrogens (tertiary/aromatic N) is 3. The van der Waals surface area contributed by atoms with Crippen LogP contribution in [0.15, 0.2) is 81.7 Å². The molecule has 1 atom stereocenters. The minimum atomic E-state index is -0.813. The summed E-state index contributed by atoms with van der Waals surface area (Å²) in [7, 11) is 0. The van der Waals surface area contributed by atoms with Gasteiger partial charge in [0.25, 0.3) is 5.91 Å². The molecular formula is C25H18ClN3O3S3. The second-order valence-corrected chi connectivity index (χ2v) is 11.3. The first-order chi connectivity index (χ1) is 16.9. The van der Waals surface area contributed by atoms with E-state index in [4.69, 9.17) is 11.6 Å². The minimum Gasteiger partial charge on any atom is -0.503 e. The van der Waals surface area contributed by atoms with Crippen LogP contribution in [0.4, 0.5) is 5.13 Å². The fourth-order valence-electron chi connectivity index (χ4n) is 3.75. The van der Waals surface area contributed by atoms with Crippen LogP contribution in [0.25, 0.3) is 0 Å². The number of ketones is 1. The highest BCUT2D eigenvalue weighted by atomic mass is 35.5. The summed E-state index contributed by atoms with van der Waals surface area (Å²) in [4.78, 5) is 28.4. The molecule has 4 aromatic rings. The molecule has 1 unspecified atom stereocenters. The van der Waals surface area contributed by atoms with Crippen molar-refractivity contribution in [1.29, 1.82) is 0 Å². The molecule has 0 aliphatic carbocycles. The molecule has 0 saturated carbocycles. The number of aryl methyl sites for hydroxylation is 1. The first-order valence-electron chi connectivity index (χ1n) is 10.5. The first kappa shape index (κ1) is 23.7. The Balaban J connectivity index is 1.49. The molecule has 1 amide bonds. The van der Waals surface area contributed by atoms with Gasteiger partial charge in [0, 0.05) is 10.8 Å². The Kier molecular flexibility index (Phi) is 6.75. The Bertz CT molecular complexity index is 1430. The molecule has 5 rings (SSSR count). The molecule has 3 heterocycles. The van der Waals surface area contributed by atoms with Crippen LogP contribution < -0.4 is 4.90 Å². The van der Waals surface area contributed by atoms with Gasteiger partial charge in [0.1, 0.15) is 0 Å². The van der Waals surface area contributed by atoms with E-state index in [0.717, 1.165) is 11.1 Å². The van der Waals surface area contributed by atoms with Gasteiger partial charge in [-0.1, -0.05) is 88.8 Å². The number of Topliss-reactive ketones (excluding diaryl/α,β-unsaturated/α-hetero) is 1. The maximum Gasteiger partial charge on any atom is 0.296 e. The molecule has 176 valence electrons. The van der Waals surface area contributed by atoms with Gasteiger partial charge in [-0.05, 0) is 35.6 Å². The van der Waals surface area contributed by atoms with Crippen molar-refractivity contribution in [2.45, 2.75) is 23.1 Å². The van der Waals surface area contributed by atoms with Crippen LogP contribution >= 0.6 is 46.0 Å². The van der Waals surface area contributed by atoms with Crippen molar-refractivity contribution in [2.24, 2.45) is 0 Å². The Morgan fingerprint density at radius 1 is 1.11 bits per heavy atom. The number of hydrogen-bond acceptors (Lipinski definition) is 8. The molecule has 0 fully saturated rings. The number of halogens is 1. The maximum atomic E-state index is 13.4. The molecule has 1 aliphatic rings. The number of thiophene rings is 1. The number of aromatic nitrogens is 2. The number of aliphatic hydroxyl groups excluding tert-OH is 1. The second-order valence-electron chi connectivity index (χ2n) is 7.79. The monoisotopic (exact) mass is 539 g/mol. The zero-order chi connectivity index (χ0) is 24.5. The molecule has 1 N–H and O–H groups in total. The number of amides is 1. The summed E-state index contributed by atoms with van der Waals surface area (Å²) in [5.41, 5.74) is 2.75. The van der Waals surface area contributed by atoms with E-state index >= 15 is 0 Å². The summed E-state index contributed by atoms with van der Waals surface area (Å²) >= 11 is 10.2. The molecule has 0 radical (unpaired) electrons. The van der Waals surface area contributed by atoms with Crippen LogP contribution in [-0.4, -0.2) is 27.0 Å². The minimum absolute atomic E-state index is 0.0433. The third-order valence-corrected chi connectivity index (χ3v) is 8.84.